The Labute approximate surface area is 154 Å². The second kappa shape index (κ2) is 7.84. The Morgan fingerprint density at radius 2 is 1.88 bits per heavy atom. The van der Waals surface area contributed by atoms with Gasteiger partial charge in [-0.25, -0.2) is 9.97 Å². The van der Waals surface area contributed by atoms with Gasteiger partial charge in [0.1, 0.15) is 27.7 Å². The quantitative estimate of drug-likeness (QED) is 0.276. The van der Waals surface area contributed by atoms with Gasteiger partial charge in [-0.05, 0) is 50.6 Å². The molecule has 3 aromatic rings. The highest BCUT2D eigenvalue weighted by atomic mass is 32.2. The number of esters is 1. The molecule has 5 nitrogen and oxygen atoms in total. The SMILES string of the molecule is CCOc1ccc(OC(=O)CSc2ncnc3sc(C)c(C)c23)cc1. The molecule has 2 heterocycles. The lowest BCUT2D eigenvalue weighted by atomic mass is 10.2. The minimum Gasteiger partial charge on any atom is -0.494 e. The van der Waals surface area contributed by atoms with Crippen molar-refractivity contribution in [2.75, 3.05) is 12.4 Å². The Balaban J connectivity index is 1.64. The molecular weight excluding hydrogens is 356 g/mol. The zero-order valence-corrected chi connectivity index (χ0v) is 15.9. The van der Waals surface area contributed by atoms with E-state index in [-0.39, 0.29) is 11.7 Å². The minimum absolute atomic E-state index is 0.188. The molecule has 0 aliphatic heterocycles. The van der Waals surface area contributed by atoms with Crippen molar-refractivity contribution in [3.63, 3.8) is 0 Å². The second-order valence-electron chi connectivity index (χ2n) is 5.31. The summed E-state index contributed by atoms with van der Waals surface area (Å²) in [6.07, 6.45) is 1.54. The summed E-state index contributed by atoms with van der Waals surface area (Å²) < 4.78 is 10.7. The summed E-state index contributed by atoms with van der Waals surface area (Å²) in [6, 6.07) is 7.01. The van der Waals surface area contributed by atoms with Crippen LogP contribution in [-0.4, -0.2) is 28.3 Å². The number of nitrogens with zero attached hydrogens (tertiary/aromatic N) is 2. The van der Waals surface area contributed by atoms with E-state index in [1.807, 2.05) is 6.92 Å². The number of rotatable bonds is 6. The van der Waals surface area contributed by atoms with Gasteiger partial charge in [0.25, 0.3) is 0 Å². The molecule has 0 aliphatic carbocycles. The van der Waals surface area contributed by atoms with Gasteiger partial charge in [-0.2, -0.15) is 0 Å². The van der Waals surface area contributed by atoms with Crippen LogP contribution in [0.5, 0.6) is 11.5 Å². The molecule has 0 bridgehead atoms. The molecule has 0 fully saturated rings. The minimum atomic E-state index is -0.314. The molecule has 0 atom stereocenters. The van der Waals surface area contributed by atoms with Crippen molar-refractivity contribution >= 4 is 39.3 Å². The highest BCUT2D eigenvalue weighted by Crippen LogP contribution is 2.34. The molecular formula is C18H18N2O3S2. The van der Waals surface area contributed by atoms with E-state index in [9.17, 15) is 4.79 Å². The van der Waals surface area contributed by atoms with Crippen LogP contribution in [-0.2, 0) is 4.79 Å². The highest BCUT2D eigenvalue weighted by Gasteiger charge is 2.14. The average molecular weight is 374 g/mol. The first-order chi connectivity index (χ1) is 12.1. The van der Waals surface area contributed by atoms with Gasteiger partial charge in [0, 0.05) is 10.3 Å². The van der Waals surface area contributed by atoms with Crippen LogP contribution in [0.4, 0.5) is 0 Å². The first kappa shape index (κ1) is 17.7. The van der Waals surface area contributed by atoms with Crippen molar-refractivity contribution in [1.82, 2.24) is 9.97 Å². The predicted molar refractivity (Wildman–Crippen MR) is 101 cm³/mol. The lowest BCUT2D eigenvalue weighted by Crippen LogP contribution is -2.10. The van der Waals surface area contributed by atoms with Crippen LogP contribution in [0.1, 0.15) is 17.4 Å². The monoisotopic (exact) mass is 374 g/mol. The fraction of sp³-hybridized carbons (Fsp3) is 0.278. The van der Waals surface area contributed by atoms with E-state index in [4.69, 9.17) is 9.47 Å². The van der Waals surface area contributed by atoms with Crippen molar-refractivity contribution in [2.24, 2.45) is 0 Å². The summed E-state index contributed by atoms with van der Waals surface area (Å²) in [5, 5.41) is 1.85. The van der Waals surface area contributed by atoms with E-state index in [0.717, 1.165) is 21.0 Å². The molecule has 0 N–H and O–H groups in total. The summed E-state index contributed by atoms with van der Waals surface area (Å²) >= 11 is 3.01. The number of carbonyl (C=O) groups excluding carboxylic acids is 1. The number of fused-ring (bicyclic) bond motifs is 1. The number of hydrogen-bond acceptors (Lipinski definition) is 7. The van der Waals surface area contributed by atoms with Crippen molar-refractivity contribution in [3.8, 4) is 11.5 Å². The standard InChI is InChI=1S/C18H18N2O3S2/c1-4-22-13-5-7-14(8-6-13)23-15(21)9-24-17-16-11(2)12(3)25-18(16)20-10-19-17/h5-8,10H,4,9H2,1-3H3. The van der Waals surface area contributed by atoms with Gasteiger partial charge in [-0.3, -0.25) is 4.79 Å². The Morgan fingerprint density at radius 1 is 1.16 bits per heavy atom. The Kier molecular flexibility index (Phi) is 5.55. The lowest BCUT2D eigenvalue weighted by Gasteiger charge is -2.06. The topological polar surface area (TPSA) is 61.3 Å². The van der Waals surface area contributed by atoms with E-state index in [1.54, 1.807) is 35.6 Å². The van der Waals surface area contributed by atoms with E-state index >= 15 is 0 Å². The lowest BCUT2D eigenvalue weighted by molar-refractivity contribution is -0.131. The molecule has 0 saturated carbocycles. The van der Waals surface area contributed by atoms with Crippen molar-refractivity contribution in [2.45, 2.75) is 25.8 Å². The van der Waals surface area contributed by atoms with Crippen LogP contribution in [0.15, 0.2) is 35.6 Å². The number of hydrogen-bond donors (Lipinski definition) is 0. The van der Waals surface area contributed by atoms with Crippen molar-refractivity contribution < 1.29 is 14.3 Å². The first-order valence-electron chi connectivity index (χ1n) is 7.85. The van der Waals surface area contributed by atoms with E-state index in [2.05, 4.69) is 23.8 Å². The largest absolute Gasteiger partial charge is 0.494 e. The maximum Gasteiger partial charge on any atom is 0.321 e. The van der Waals surface area contributed by atoms with Gasteiger partial charge in [0.15, 0.2) is 0 Å². The maximum atomic E-state index is 12.1. The van der Waals surface area contributed by atoms with Gasteiger partial charge >= 0.3 is 5.97 Å². The van der Waals surface area contributed by atoms with Crippen molar-refractivity contribution in [3.05, 3.63) is 41.0 Å². The molecule has 0 spiro atoms. The summed E-state index contributed by atoms with van der Waals surface area (Å²) in [5.41, 5.74) is 1.17. The van der Waals surface area contributed by atoms with Crippen LogP contribution in [0.25, 0.3) is 10.2 Å². The van der Waals surface area contributed by atoms with Gasteiger partial charge < -0.3 is 9.47 Å². The zero-order valence-electron chi connectivity index (χ0n) is 14.2. The molecule has 1 aromatic carbocycles. The number of benzene rings is 1. The van der Waals surface area contributed by atoms with Gasteiger partial charge in [0.05, 0.1) is 12.4 Å². The fourth-order valence-electron chi connectivity index (χ4n) is 2.32. The van der Waals surface area contributed by atoms with Crippen LogP contribution in [0.3, 0.4) is 0 Å². The third-order valence-electron chi connectivity index (χ3n) is 3.62. The molecule has 7 heteroatoms. The molecule has 3 rings (SSSR count). The zero-order chi connectivity index (χ0) is 17.8. The van der Waals surface area contributed by atoms with Gasteiger partial charge in [0.2, 0.25) is 0 Å². The number of thioether (sulfide) groups is 1. The molecule has 2 aromatic heterocycles. The summed E-state index contributed by atoms with van der Waals surface area (Å²) in [4.78, 5) is 22.9. The maximum absolute atomic E-state index is 12.1. The van der Waals surface area contributed by atoms with Gasteiger partial charge in [-0.15, -0.1) is 11.3 Å². The highest BCUT2D eigenvalue weighted by molar-refractivity contribution is 8.00. The number of carbonyl (C=O) groups is 1. The number of thiophene rings is 1. The van der Waals surface area contributed by atoms with E-state index in [0.29, 0.717) is 12.4 Å². The molecule has 0 amide bonds. The molecule has 0 aliphatic rings. The number of aromatic nitrogens is 2. The summed E-state index contributed by atoms with van der Waals surface area (Å²) in [5.74, 6) is 1.13. The molecule has 0 unspecified atom stereocenters. The number of aryl methyl sites for hydroxylation is 2. The normalized spacial score (nSPS) is 10.8. The average Bonchev–Trinajstić information content (AvgIpc) is 2.90. The van der Waals surface area contributed by atoms with E-state index < -0.39 is 0 Å². The summed E-state index contributed by atoms with van der Waals surface area (Å²) in [7, 11) is 0. The van der Waals surface area contributed by atoms with Crippen LogP contribution in [0.2, 0.25) is 0 Å². The molecule has 0 radical (unpaired) electrons. The molecule has 0 saturated heterocycles. The van der Waals surface area contributed by atoms with Crippen molar-refractivity contribution in [1.29, 1.82) is 0 Å². The van der Waals surface area contributed by atoms with Crippen LogP contribution < -0.4 is 9.47 Å². The Bertz CT molecular complexity index is 891. The predicted octanol–water partition coefficient (Wildman–Crippen LogP) is 4.40. The Morgan fingerprint density at radius 3 is 2.60 bits per heavy atom. The molecule has 130 valence electrons. The third-order valence-corrected chi connectivity index (χ3v) is 5.70. The molecule has 25 heavy (non-hydrogen) atoms. The first-order valence-corrected chi connectivity index (χ1v) is 9.65. The Hall–Kier alpha value is -2.12. The summed E-state index contributed by atoms with van der Waals surface area (Å²) in [6.45, 7) is 6.65. The van der Waals surface area contributed by atoms with E-state index in [1.165, 1.54) is 28.5 Å². The van der Waals surface area contributed by atoms with Gasteiger partial charge in [-0.1, -0.05) is 11.8 Å². The van der Waals surface area contributed by atoms with Crippen LogP contribution in [0, 0.1) is 13.8 Å². The second-order valence-corrected chi connectivity index (χ2v) is 7.48. The third kappa shape index (κ3) is 4.11. The smallest absolute Gasteiger partial charge is 0.321 e. The van der Waals surface area contributed by atoms with Crippen LogP contribution >= 0.6 is 23.1 Å². The fourth-order valence-corrected chi connectivity index (χ4v) is 4.21. The number of ether oxygens (including phenoxy) is 2.